The van der Waals surface area contributed by atoms with Crippen LogP contribution in [-0.4, -0.2) is 35.1 Å². The Kier molecular flexibility index (Phi) is 4.37. The molecule has 1 aromatic carbocycles. The Morgan fingerprint density at radius 2 is 1.83 bits per heavy atom. The second kappa shape index (κ2) is 6.01. The average Bonchev–Trinajstić information content (AvgIpc) is 2.38. The third-order valence-electron chi connectivity index (χ3n) is 3.67. The van der Waals surface area contributed by atoms with Crippen molar-refractivity contribution in [2.75, 3.05) is 13.1 Å². The van der Waals surface area contributed by atoms with Gasteiger partial charge in [0.05, 0.1) is 0 Å². The van der Waals surface area contributed by atoms with Crippen LogP contribution in [0.3, 0.4) is 0 Å². The number of hydrogen-bond acceptors (Lipinski definition) is 2. The minimum absolute atomic E-state index is 0.368. The van der Waals surface area contributed by atoms with Crippen LogP contribution in [0.15, 0.2) is 24.3 Å². The summed E-state index contributed by atoms with van der Waals surface area (Å²) in [6.07, 6.45) is 4.08. The van der Waals surface area contributed by atoms with E-state index in [-0.39, 0.29) is 6.04 Å². The van der Waals surface area contributed by atoms with Crippen molar-refractivity contribution < 1.29 is 9.90 Å². The smallest absolute Gasteiger partial charge is 0.321 e. The van der Waals surface area contributed by atoms with Crippen LogP contribution >= 0.6 is 0 Å². The van der Waals surface area contributed by atoms with Gasteiger partial charge < -0.3 is 5.11 Å². The Balaban J connectivity index is 2.05. The molecule has 1 aliphatic rings. The van der Waals surface area contributed by atoms with Crippen molar-refractivity contribution in [1.82, 2.24) is 4.90 Å². The van der Waals surface area contributed by atoms with E-state index in [9.17, 15) is 9.90 Å². The van der Waals surface area contributed by atoms with Crippen molar-refractivity contribution in [3.63, 3.8) is 0 Å². The average molecular weight is 247 g/mol. The summed E-state index contributed by atoms with van der Waals surface area (Å²) in [5.41, 5.74) is 2.32. The first-order chi connectivity index (χ1) is 8.66. The van der Waals surface area contributed by atoms with Gasteiger partial charge in [-0.25, -0.2) is 0 Å². The molecule has 0 radical (unpaired) electrons. The number of piperidine rings is 1. The van der Waals surface area contributed by atoms with E-state index >= 15 is 0 Å². The lowest BCUT2D eigenvalue weighted by molar-refractivity contribution is -0.143. The van der Waals surface area contributed by atoms with Crippen LogP contribution in [0.2, 0.25) is 0 Å². The van der Waals surface area contributed by atoms with E-state index in [4.69, 9.17) is 0 Å². The zero-order valence-electron chi connectivity index (χ0n) is 10.9. The molecular formula is C15H21NO2. The predicted molar refractivity (Wildman–Crippen MR) is 71.7 cm³/mol. The highest BCUT2D eigenvalue weighted by molar-refractivity contribution is 5.74. The Morgan fingerprint density at radius 1 is 1.22 bits per heavy atom. The summed E-state index contributed by atoms with van der Waals surface area (Å²) in [5.74, 6) is -0.697. The zero-order chi connectivity index (χ0) is 13.0. The number of benzene rings is 1. The minimum Gasteiger partial charge on any atom is -0.480 e. The van der Waals surface area contributed by atoms with Gasteiger partial charge >= 0.3 is 5.97 Å². The molecule has 0 amide bonds. The van der Waals surface area contributed by atoms with E-state index < -0.39 is 5.97 Å². The molecule has 0 saturated carbocycles. The van der Waals surface area contributed by atoms with Crippen molar-refractivity contribution in [3.05, 3.63) is 35.4 Å². The van der Waals surface area contributed by atoms with E-state index in [2.05, 4.69) is 4.90 Å². The standard InChI is InChI=1S/C15H21NO2/c1-12-5-7-13(8-6-12)11-14(15(17)18)16-9-3-2-4-10-16/h5-8,14H,2-4,9-11H2,1H3,(H,17,18)/t14-/m1/s1. The second-order valence-corrected chi connectivity index (χ2v) is 5.14. The molecule has 0 aromatic heterocycles. The number of aliphatic carboxylic acids is 1. The van der Waals surface area contributed by atoms with Crippen molar-refractivity contribution in [1.29, 1.82) is 0 Å². The summed E-state index contributed by atoms with van der Waals surface area (Å²) in [6.45, 7) is 3.88. The van der Waals surface area contributed by atoms with E-state index in [1.807, 2.05) is 31.2 Å². The Morgan fingerprint density at radius 3 is 2.39 bits per heavy atom. The summed E-state index contributed by atoms with van der Waals surface area (Å²) in [5, 5.41) is 9.40. The van der Waals surface area contributed by atoms with Gasteiger partial charge in [-0.1, -0.05) is 36.2 Å². The summed E-state index contributed by atoms with van der Waals surface area (Å²) < 4.78 is 0. The maximum Gasteiger partial charge on any atom is 0.321 e. The quantitative estimate of drug-likeness (QED) is 0.888. The molecule has 0 spiro atoms. The molecule has 1 fully saturated rings. The van der Waals surface area contributed by atoms with Gasteiger partial charge in [0.15, 0.2) is 0 Å². The molecule has 1 N–H and O–H groups in total. The van der Waals surface area contributed by atoms with Crippen LogP contribution in [0, 0.1) is 6.92 Å². The fourth-order valence-electron chi connectivity index (χ4n) is 2.55. The number of carbonyl (C=O) groups is 1. The molecule has 0 bridgehead atoms. The van der Waals surface area contributed by atoms with E-state index in [1.54, 1.807) is 0 Å². The van der Waals surface area contributed by atoms with Crippen LogP contribution < -0.4 is 0 Å². The highest BCUT2D eigenvalue weighted by Gasteiger charge is 2.26. The van der Waals surface area contributed by atoms with Crippen molar-refractivity contribution in [2.24, 2.45) is 0 Å². The second-order valence-electron chi connectivity index (χ2n) is 5.14. The number of carboxylic acids is 1. The lowest BCUT2D eigenvalue weighted by atomic mass is 10.0. The van der Waals surface area contributed by atoms with Crippen LogP contribution in [0.5, 0.6) is 0 Å². The SMILES string of the molecule is Cc1ccc(C[C@H](C(=O)O)N2CCCCC2)cc1. The molecule has 1 heterocycles. The van der Waals surface area contributed by atoms with Crippen LogP contribution in [0.25, 0.3) is 0 Å². The molecule has 2 rings (SSSR count). The predicted octanol–water partition coefficient (Wildman–Crippen LogP) is 2.48. The number of aryl methyl sites for hydroxylation is 1. The Hall–Kier alpha value is -1.35. The lowest BCUT2D eigenvalue weighted by Crippen LogP contribution is -2.45. The van der Waals surface area contributed by atoms with Gasteiger partial charge in [0.25, 0.3) is 0 Å². The molecule has 3 heteroatoms. The van der Waals surface area contributed by atoms with Gasteiger partial charge in [0, 0.05) is 0 Å². The van der Waals surface area contributed by atoms with Gasteiger partial charge in [0.1, 0.15) is 6.04 Å². The monoisotopic (exact) mass is 247 g/mol. The maximum absolute atomic E-state index is 11.4. The first-order valence-corrected chi connectivity index (χ1v) is 6.69. The third-order valence-corrected chi connectivity index (χ3v) is 3.67. The van der Waals surface area contributed by atoms with E-state index in [0.717, 1.165) is 31.5 Å². The molecule has 98 valence electrons. The van der Waals surface area contributed by atoms with Gasteiger partial charge in [0.2, 0.25) is 0 Å². The van der Waals surface area contributed by atoms with Gasteiger partial charge in [-0.15, -0.1) is 0 Å². The normalized spacial score (nSPS) is 18.5. The highest BCUT2D eigenvalue weighted by Crippen LogP contribution is 2.16. The highest BCUT2D eigenvalue weighted by atomic mass is 16.4. The maximum atomic E-state index is 11.4. The summed E-state index contributed by atoms with van der Waals surface area (Å²) in [7, 11) is 0. The first-order valence-electron chi connectivity index (χ1n) is 6.69. The Labute approximate surface area is 108 Å². The van der Waals surface area contributed by atoms with Crippen molar-refractivity contribution >= 4 is 5.97 Å². The molecule has 0 aliphatic carbocycles. The molecular weight excluding hydrogens is 226 g/mol. The van der Waals surface area contributed by atoms with Crippen molar-refractivity contribution in [2.45, 2.75) is 38.6 Å². The number of carboxylic acid groups (broad SMARTS) is 1. The zero-order valence-corrected chi connectivity index (χ0v) is 10.9. The first kappa shape index (κ1) is 13.1. The molecule has 3 nitrogen and oxygen atoms in total. The van der Waals surface area contributed by atoms with E-state index in [0.29, 0.717) is 6.42 Å². The van der Waals surface area contributed by atoms with Crippen LogP contribution in [0.4, 0.5) is 0 Å². The summed E-state index contributed by atoms with van der Waals surface area (Å²) in [4.78, 5) is 13.5. The molecule has 0 unspecified atom stereocenters. The minimum atomic E-state index is -0.697. The molecule has 18 heavy (non-hydrogen) atoms. The third kappa shape index (κ3) is 3.33. The van der Waals surface area contributed by atoms with Gasteiger partial charge in [-0.05, 0) is 44.8 Å². The van der Waals surface area contributed by atoms with Gasteiger partial charge in [-0.3, -0.25) is 9.69 Å². The fraction of sp³-hybridized carbons (Fsp3) is 0.533. The largest absolute Gasteiger partial charge is 0.480 e. The lowest BCUT2D eigenvalue weighted by Gasteiger charge is -2.32. The molecule has 1 atom stereocenters. The fourth-order valence-corrected chi connectivity index (χ4v) is 2.55. The molecule has 1 saturated heterocycles. The molecule has 1 aromatic rings. The number of likely N-dealkylation sites (tertiary alicyclic amines) is 1. The van der Waals surface area contributed by atoms with Crippen LogP contribution in [0.1, 0.15) is 30.4 Å². The number of hydrogen-bond donors (Lipinski definition) is 1. The van der Waals surface area contributed by atoms with Crippen LogP contribution in [-0.2, 0) is 11.2 Å². The topological polar surface area (TPSA) is 40.5 Å². The summed E-state index contributed by atoms with van der Waals surface area (Å²) in [6, 6.07) is 7.80. The van der Waals surface area contributed by atoms with Gasteiger partial charge in [-0.2, -0.15) is 0 Å². The van der Waals surface area contributed by atoms with Crippen molar-refractivity contribution in [3.8, 4) is 0 Å². The summed E-state index contributed by atoms with van der Waals surface area (Å²) >= 11 is 0. The molecule has 1 aliphatic heterocycles. The number of nitrogens with zero attached hydrogens (tertiary/aromatic N) is 1. The number of rotatable bonds is 4. The van der Waals surface area contributed by atoms with E-state index in [1.165, 1.54) is 12.0 Å². The Bertz CT molecular complexity index is 393.